The van der Waals surface area contributed by atoms with E-state index in [1.165, 1.54) is 0 Å². The Labute approximate surface area is 174 Å². The molecular formula is C24H21N4O2+. The highest BCUT2D eigenvalue weighted by Crippen LogP contribution is 2.25. The molecule has 0 saturated heterocycles. The van der Waals surface area contributed by atoms with Crippen LogP contribution in [0.4, 0.5) is 0 Å². The van der Waals surface area contributed by atoms with E-state index < -0.39 is 0 Å². The molecule has 0 fully saturated rings. The lowest BCUT2D eigenvalue weighted by molar-refractivity contribution is -0.120. The van der Waals surface area contributed by atoms with Crippen molar-refractivity contribution in [3.63, 3.8) is 0 Å². The molecule has 0 radical (unpaired) electrons. The third kappa shape index (κ3) is 3.90. The second kappa shape index (κ2) is 8.55. The van der Waals surface area contributed by atoms with Gasteiger partial charge in [-0.3, -0.25) is 9.78 Å². The van der Waals surface area contributed by atoms with Gasteiger partial charge in [0.1, 0.15) is 10.9 Å². The number of benzene rings is 2. The normalized spacial score (nSPS) is 13.7. The maximum absolute atomic E-state index is 13.1. The van der Waals surface area contributed by atoms with E-state index in [2.05, 4.69) is 20.2 Å². The minimum Gasteiger partial charge on any atom is -0.497 e. The van der Waals surface area contributed by atoms with Crippen molar-refractivity contribution in [3.05, 3.63) is 107 Å². The van der Waals surface area contributed by atoms with Gasteiger partial charge in [-0.25, -0.2) is 0 Å². The lowest BCUT2D eigenvalue weighted by Crippen LogP contribution is -2.30. The molecule has 1 amide bonds. The van der Waals surface area contributed by atoms with Crippen molar-refractivity contribution in [1.82, 2.24) is 10.3 Å². The van der Waals surface area contributed by atoms with Crippen LogP contribution in [0.3, 0.4) is 0 Å². The number of amides is 1. The summed E-state index contributed by atoms with van der Waals surface area (Å²) in [5.41, 5.74) is 4.57. The smallest absolute Gasteiger partial charge is 0.378 e. The van der Waals surface area contributed by atoms with Crippen molar-refractivity contribution in [3.8, 4) is 5.75 Å². The minimum atomic E-state index is -0.359. The summed E-state index contributed by atoms with van der Waals surface area (Å²) in [6, 6.07) is 20.7. The number of nitrogens with zero attached hydrogens (tertiary/aromatic N) is 3. The molecule has 1 aliphatic rings. The SMILES string of the molecule is COc1ccc([C@@H](NC(=O)C2=C(C)C(c3ccccc3)=[N+]=N2)c2ccncc2)cc1. The number of carbonyl (C=O) groups excluding carboxylic acids is 1. The summed E-state index contributed by atoms with van der Waals surface area (Å²) in [6.07, 6.45) is 3.41. The predicted molar refractivity (Wildman–Crippen MR) is 113 cm³/mol. The van der Waals surface area contributed by atoms with Gasteiger partial charge in [-0.2, -0.15) is 0 Å². The number of allylic oxidation sites excluding steroid dienone is 1. The summed E-state index contributed by atoms with van der Waals surface area (Å²) < 4.78 is 5.25. The van der Waals surface area contributed by atoms with E-state index in [0.29, 0.717) is 11.4 Å². The molecule has 6 heteroatoms. The molecule has 0 bridgehead atoms. The molecule has 2 aromatic carbocycles. The van der Waals surface area contributed by atoms with E-state index in [4.69, 9.17) is 4.74 Å². The van der Waals surface area contributed by atoms with Crippen molar-refractivity contribution in [2.75, 3.05) is 7.11 Å². The average Bonchev–Trinajstić information content (AvgIpc) is 3.20. The summed E-state index contributed by atoms with van der Waals surface area (Å²) in [5, 5.41) is 7.26. The third-order valence-corrected chi connectivity index (χ3v) is 4.99. The average molecular weight is 397 g/mol. The monoisotopic (exact) mass is 397 g/mol. The molecule has 1 N–H and O–H groups in total. The van der Waals surface area contributed by atoms with E-state index in [-0.39, 0.29) is 11.9 Å². The fourth-order valence-corrected chi connectivity index (χ4v) is 3.36. The maximum atomic E-state index is 13.1. The lowest BCUT2D eigenvalue weighted by atomic mass is 9.98. The number of hydrogen-bond donors (Lipinski definition) is 1. The van der Waals surface area contributed by atoms with Gasteiger partial charge in [-0.05, 0) is 54.4 Å². The van der Waals surface area contributed by atoms with Crippen LogP contribution in [0.5, 0.6) is 5.75 Å². The molecular weight excluding hydrogens is 376 g/mol. The topological polar surface area (TPSA) is 77.7 Å². The van der Waals surface area contributed by atoms with Gasteiger partial charge < -0.3 is 10.1 Å². The number of hydrogen-bond acceptors (Lipinski definition) is 4. The first-order chi connectivity index (χ1) is 14.7. The quantitative estimate of drug-likeness (QED) is 0.644. The molecule has 30 heavy (non-hydrogen) atoms. The second-order valence-corrected chi connectivity index (χ2v) is 6.85. The summed E-state index contributed by atoms with van der Waals surface area (Å²) >= 11 is 0. The Hall–Kier alpha value is -4.02. The van der Waals surface area contributed by atoms with Crippen molar-refractivity contribution < 1.29 is 14.3 Å². The van der Waals surface area contributed by atoms with Gasteiger partial charge in [0.25, 0.3) is 5.91 Å². The van der Waals surface area contributed by atoms with Crippen LogP contribution in [0.15, 0.2) is 95.5 Å². The highest BCUT2D eigenvalue weighted by atomic mass is 16.5. The summed E-state index contributed by atoms with van der Waals surface area (Å²) in [4.78, 5) is 21.5. The van der Waals surface area contributed by atoms with Gasteiger partial charge >= 0.3 is 5.71 Å². The molecule has 0 spiro atoms. The van der Waals surface area contributed by atoms with Gasteiger partial charge in [-0.1, -0.05) is 30.3 Å². The number of rotatable bonds is 6. The number of aromatic nitrogens is 1. The Morgan fingerprint density at radius 2 is 1.63 bits per heavy atom. The Bertz CT molecular complexity index is 1150. The number of methoxy groups -OCH3 is 1. The Morgan fingerprint density at radius 3 is 2.30 bits per heavy atom. The molecule has 6 nitrogen and oxygen atoms in total. The zero-order chi connectivity index (χ0) is 20.9. The maximum Gasteiger partial charge on any atom is 0.378 e. The van der Waals surface area contributed by atoms with Crippen LogP contribution in [-0.4, -0.2) is 28.5 Å². The van der Waals surface area contributed by atoms with Crippen molar-refractivity contribution >= 4 is 11.6 Å². The van der Waals surface area contributed by atoms with E-state index in [0.717, 1.165) is 28.0 Å². The van der Waals surface area contributed by atoms with E-state index in [1.807, 2.05) is 73.7 Å². The highest BCUT2D eigenvalue weighted by molar-refractivity contribution is 6.14. The van der Waals surface area contributed by atoms with Gasteiger partial charge in [-0.15, -0.1) is 0 Å². The van der Waals surface area contributed by atoms with Crippen LogP contribution < -0.4 is 10.1 Å². The fraction of sp³-hybridized carbons (Fsp3) is 0.125. The minimum absolute atomic E-state index is 0.278. The first-order valence-corrected chi connectivity index (χ1v) is 9.57. The number of ether oxygens (including phenoxy) is 1. The predicted octanol–water partition coefficient (Wildman–Crippen LogP) is 3.73. The van der Waals surface area contributed by atoms with Gasteiger partial charge in [0, 0.05) is 12.4 Å². The molecule has 1 aliphatic heterocycles. The van der Waals surface area contributed by atoms with Crippen molar-refractivity contribution in [1.29, 1.82) is 0 Å². The van der Waals surface area contributed by atoms with Crippen molar-refractivity contribution in [2.24, 2.45) is 5.11 Å². The number of nitrogens with one attached hydrogen (secondary N) is 1. The van der Waals surface area contributed by atoms with Gasteiger partial charge in [0.2, 0.25) is 5.70 Å². The first kappa shape index (κ1) is 19.3. The molecule has 148 valence electrons. The summed E-state index contributed by atoms with van der Waals surface area (Å²) in [6.45, 7) is 1.87. The molecule has 1 aromatic heterocycles. The van der Waals surface area contributed by atoms with E-state index >= 15 is 0 Å². The first-order valence-electron chi connectivity index (χ1n) is 9.57. The molecule has 1 atom stereocenters. The van der Waals surface area contributed by atoms with E-state index in [9.17, 15) is 4.79 Å². The van der Waals surface area contributed by atoms with Crippen LogP contribution in [0.25, 0.3) is 0 Å². The lowest BCUT2D eigenvalue weighted by Gasteiger charge is -2.19. The number of carbonyl (C=O) groups is 1. The Kier molecular flexibility index (Phi) is 5.50. The van der Waals surface area contributed by atoms with Gasteiger partial charge in [0.15, 0.2) is 0 Å². The summed E-state index contributed by atoms with van der Waals surface area (Å²) in [5.74, 6) is 0.476. The van der Waals surface area contributed by atoms with Crippen LogP contribution in [0, 0.1) is 0 Å². The third-order valence-electron chi connectivity index (χ3n) is 4.99. The Morgan fingerprint density at radius 1 is 0.967 bits per heavy atom. The molecule has 0 unspecified atom stereocenters. The highest BCUT2D eigenvalue weighted by Gasteiger charge is 2.33. The molecule has 2 heterocycles. The van der Waals surface area contributed by atoms with Crippen LogP contribution >= 0.6 is 0 Å². The van der Waals surface area contributed by atoms with E-state index in [1.54, 1.807) is 19.5 Å². The van der Waals surface area contributed by atoms with Gasteiger partial charge in [0.05, 0.1) is 29.1 Å². The summed E-state index contributed by atoms with van der Waals surface area (Å²) in [7, 11) is 1.62. The standard InChI is InChI=1S/C24H20N4O2/c1-16-21(17-6-4-3-5-7-17)27-28-22(16)24(29)26-23(19-12-14-25-15-13-19)18-8-10-20(30-2)11-9-18/h3-15,23H,1-2H3/p+1/t23-/m1/s1. The Balaban J connectivity index is 1.63. The zero-order valence-corrected chi connectivity index (χ0v) is 16.7. The van der Waals surface area contributed by atoms with Crippen molar-refractivity contribution in [2.45, 2.75) is 13.0 Å². The molecule has 0 aliphatic carbocycles. The molecule has 3 aromatic rings. The molecule has 4 rings (SSSR count). The van der Waals surface area contributed by atoms with Crippen LogP contribution in [0.2, 0.25) is 0 Å². The zero-order valence-electron chi connectivity index (χ0n) is 16.7. The van der Waals surface area contributed by atoms with Crippen LogP contribution in [-0.2, 0) is 4.79 Å². The fourth-order valence-electron chi connectivity index (χ4n) is 3.36. The molecule has 0 saturated carbocycles. The van der Waals surface area contributed by atoms with Crippen LogP contribution in [0.1, 0.15) is 29.7 Å². The number of pyridine rings is 1. The second-order valence-electron chi connectivity index (χ2n) is 6.85. The largest absolute Gasteiger partial charge is 0.497 e.